The summed E-state index contributed by atoms with van der Waals surface area (Å²) in [4.78, 5) is 25.1. The van der Waals surface area contributed by atoms with Crippen molar-refractivity contribution in [2.75, 3.05) is 0 Å². The van der Waals surface area contributed by atoms with Gasteiger partial charge in [0.1, 0.15) is 0 Å². The standard InChI is InChI=1S/2C11H10.6C10H9N/c2*1-9-5-4-7-10-6-2-3-8-11(9)10;2*1-8-4-2-6-10-9(8)5-3-7-11-10;1-8-3-2-4-9-7-11-6-5-10(8)9;1-8-6-11-7-9-4-2-3-5-10(8)9;2*1-8-6-7-11-10-5-3-2-4-9(8)10/h2*2-8H,1H3;6*2-7H,1H3. The molecule has 0 aliphatic heterocycles. The summed E-state index contributed by atoms with van der Waals surface area (Å²) in [6, 6.07) is 87.1. The Bertz CT molecular complexity index is 3910. The van der Waals surface area contributed by atoms with Gasteiger partial charge in [-0.1, -0.05) is 200 Å². The fourth-order valence-corrected chi connectivity index (χ4v) is 10.3. The van der Waals surface area contributed by atoms with Crippen LogP contribution in [0, 0.1) is 55.4 Å². The second kappa shape index (κ2) is 31.4. The summed E-state index contributed by atoms with van der Waals surface area (Å²) in [5.41, 5.74) is 14.7. The number of para-hydroxylation sites is 2. The van der Waals surface area contributed by atoms with Gasteiger partial charge in [-0.15, -0.1) is 0 Å². The Labute approximate surface area is 518 Å². The van der Waals surface area contributed by atoms with Crippen molar-refractivity contribution >= 4 is 86.7 Å². The van der Waals surface area contributed by atoms with Gasteiger partial charge in [0.15, 0.2) is 0 Å². The van der Waals surface area contributed by atoms with Gasteiger partial charge in [0, 0.05) is 81.9 Å². The molecule has 16 rings (SSSR count). The lowest BCUT2D eigenvalue weighted by molar-refractivity contribution is 1.31. The predicted octanol–water partition coefficient (Wildman–Crippen LogP) is 21.6. The van der Waals surface area contributed by atoms with E-state index in [-0.39, 0.29) is 0 Å². The molecule has 0 atom stereocenters. The maximum atomic E-state index is 4.24. The Morgan fingerprint density at radius 1 is 0.170 bits per heavy atom. The smallest absolute Gasteiger partial charge is 0.0704 e. The third-order valence-corrected chi connectivity index (χ3v) is 15.2. The number of hydrogen-bond donors (Lipinski definition) is 0. The maximum Gasteiger partial charge on any atom is 0.0704 e. The molecular formula is C82H74N6. The third kappa shape index (κ3) is 16.7. The molecule has 432 valence electrons. The highest BCUT2D eigenvalue weighted by Crippen LogP contribution is 2.21. The first-order valence-corrected chi connectivity index (χ1v) is 29.7. The zero-order valence-electron chi connectivity index (χ0n) is 51.6. The first kappa shape index (κ1) is 61.7. The first-order valence-electron chi connectivity index (χ1n) is 29.7. The van der Waals surface area contributed by atoms with E-state index in [2.05, 4.69) is 243 Å². The van der Waals surface area contributed by atoms with Crippen LogP contribution in [0.15, 0.2) is 304 Å². The van der Waals surface area contributed by atoms with E-state index in [9.17, 15) is 0 Å². The number of benzene rings is 10. The summed E-state index contributed by atoms with van der Waals surface area (Å²) in [6.07, 6.45) is 14.8. The van der Waals surface area contributed by atoms with Crippen LogP contribution < -0.4 is 0 Å². The summed E-state index contributed by atoms with van der Waals surface area (Å²) in [5.74, 6) is 0. The lowest BCUT2D eigenvalue weighted by atomic mass is 10.1. The Morgan fingerprint density at radius 2 is 0.443 bits per heavy atom. The van der Waals surface area contributed by atoms with Crippen molar-refractivity contribution in [3.05, 3.63) is 349 Å². The summed E-state index contributed by atoms with van der Waals surface area (Å²) in [7, 11) is 0. The SMILES string of the molecule is Cc1cccc2ccccc12.Cc1cccc2ccccc12.Cc1cccc2cnccc12.Cc1cccc2ncccc12.Cc1cccc2ncccc12.Cc1ccnc2ccccc12.Cc1ccnc2ccccc12.Cc1cncc2ccccc12. The molecule has 0 saturated heterocycles. The zero-order valence-corrected chi connectivity index (χ0v) is 51.6. The molecule has 88 heavy (non-hydrogen) atoms. The molecule has 6 heteroatoms. The fraction of sp³-hybridized carbons (Fsp3) is 0.0976. The monoisotopic (exact) mass is 1140 g/mol. The number of aryl methyl sites for hydroxylation is 8. The number of nitrogens with zero attached hydrogens (tertiary/aromatic N) is 6. The molecule has 0 aliphatic carbocycles. The largest absolute Gasteiger partial charge is 0.264 e. The van der Waals surface area contributed by atoms with Crippen molar-refractivity contribution in [2.24, 2.45) is 0 Å². The summed E-state index contributed by atoms with van der Waals surface area (Å²) >= 11 is 0. The number of rotatable bonds is 0. The molecule has 0 fully saturated rings. The van der Waals surface area contributed by atoms with Crippen LogP contribution in [0.25, 0.3) is 86.7 Å². The van der Waals surface area contributed by atoms with E-state index in [1.54, 1.807) is 0 Å². The molecule has 6 nitrogen and oxygen atoms in total. The number of fused-ring (bicyclic) bond motifs is 8. The molecule has 16 aromatic rings. The second-order valence-electron chi connectivity index (χ2n) is 21.5. The van der Waals surface area contributed by atoms with Crippen LogP contribution in [-0.2, 0) is 0 Å². The molecule has 0 spiro atoms. The van der Waals surface area contributed by atoms with Gasteiger partial charge in [-0.05, 0) is 187 Å². The lowest BCUT2D eigenvalue weighted by Gasteiger charge is -1.98. The number of pyridine rings is 6. The molecule has 6 aromatic heterocycles. The van der Waals surface area contributed by atoms with Crippen molar-refractivity contribution in [3.8, 4) is 0 Å². The Morgan fingerprint density at radius 3 is 0.852 bits per heavy atom. The quantitative estimate of drug-likeness (QED) is 0.151. The topological polar surface area (TPSA) is 77.3 Å². The van der Waals surface area contributed by atoms with E-state index in [4.69, 9.17) is 0 Å². The van der Waals surface area contributed by atoms with Crippen LogP contribution in [0.4, 0.5) is 0 Å². The van der Waals surface area contributed by atoms with E-state index in [0.717, 1.165) is 22.1 Å². The summed E-state index contributed by atoms with van der Waals surface area (Å²) in [5, 5.41) is 15.4. The normalized spacial score (nSPS) is 10.3. The average molecular weight is 1140 g/mol. The van der Waals surface area contributed by atoms with Crippen LogP contribution in [0.1, 0.15) is 44.5 Å². The van der Waals surface area contributed by atoms with Crippen LogP contribution in [0.2, 0.25) is 0 Å². The minimum absolute atomic E-state index is 1.08. The summed E-state index contributed by atoms with van der Waals surface area (Å²) in [6.45, 7) is 16.9. The lowest BCUT2D eigenvalue weighted by Crippen LogP contribution is -1.79. The molecule has 0 radical (unpaired) electrons. The number of hydrogen-bond acceptors (Lipinski definition) is 6. The predicted molar refractivity (Wildman–Crippen MR) is 376 cm³/mol. The molecular weight excluding hydrogens is 1070 g/mol. The summed E-state index contributed by atoms with van der Waals surface area (Å²) < 4.78 is 0. The second-order valence-corrected chi connectivity index (χ2v) is 21.5. The minimum Gasteiger partial charge on any atom is -0.264 e. The average Bonchev–Trinajstić information content (AvgIpc) is 3.76. The first-order chi connectivity index (χ1) is 43.0. The maximum absolute atomic E-state index is 4.24. The van der Waals surface area contributed by atoms with E-state index in [0.29, 0.717) is 0 Å². The van der Waals surface area contributed by atoms with Crippen LogP contribution in [-0.4, -0.2) is 29.9 Å². The Hall–Kier alpha value is -10.8. The van der Waals surface area contributed by atoms with Crippen LogP contribution in [0.5, 0.6) is 0 Å². The highest BCUT2D eigenvalue weighted by molar-refractivity contribution is 5.88. The minimum atomic E-state index is 1.08. The Balaban J connectivity index is 0.000000120. The molecule has 0 aliphatic rings. The van der Waals surface area contributed by atoms with Crippen LogP contribution in [0.3, 0.4) is 0 Å². The molecule has 0 saturated carbocycles. The van der Waals surface area contributed by atoms with Gasteiger partial charge in [0.2, 0.25) is 0 Å². The van der Waals surface area contributed by atoms with E-state index < -0.39 is 0 Å². The van der Waals surface area contributed by atoms with E-state index in [1.807, 2.05) is 147 Å². The van der Waals surface area contributed by atoms with Crippen molar-refractivity contribution in [1.29, 1.82) is 0 Å². The zero-order chi connectivity index (χ0) is 61.5. The van der Waals surface area contributed by atoms with Gasteiger partial charge in [0.25, 0.3) is 0 Å². The highest BCUT2D eigenvalue weighted by atomic mass is 14.7. The van der Waals surface area contributed by atoms with Gasteiger partial charge < -0.3 is 0 Å². The van der Waals surface area contributed by atoms with Gasteiger partial charge >= 0.3 is 0 Å². The van der Waals surface area contributed by atoms with Gasteiger partial charge in [-0.3, -0.25) is 29.9 Å². The fourth-order valence-electron chi connectivity index (χ4n) is 10.3. The molecule has 0 unspecified atom stereocenters. The molecule has 10 aromatic carbocycles. The van der Waals surface area contributed by atoms with Crippen molar-refractivity contribution < 1.29 is 0 Å². The van der Waals surface area contributed by atoms with Crippen molar-refractivity contribution in [2.45, 2.75) is 55.4 Å². The molecule has 0 bridgehead atoms. The van der Waals surface area contributed by atoms with E-state index >= 15 is 0 Å². The van der Waals surface area contributed by atoms with Gasteiger partial charge in [-0.25, -0.2) is 0 Å². The molecule has 6 heterocycles. The van der Waals surface area contributed by atoms with Crippen molar-refractivity contribution in [3.63, 3.8) is 0 Å². The van der Waals surface area contributed by atoms with Gasteiger partial charge in [-0.2, -0.15) is 0 Å². The highest BCUT2D eigenvalue weighted by Gasteiger charge is 1.99. The number of aromatic nitrogens is 6. The third-order valence-electron chi connectivity index (χ3n) is 15.2. The van der Waals surface area contributed by atoms with Crippen LogP contribution >= 0.6 is 0 Å². The van der Waals surface area contributed by atoms with E-state index in [1.165, 1.54) is 109 Å². The van der Waals surface area contributed by atoms with Crippen molar-refractivity contribution in [1.82, 2.24) is 29.9 Å². The molecule has 0 amide bonds. The van der Waals surface area contributed by atoms with Gasteiger partial charge in [0.05, 0.1) is 22.1 Å². The molecule has 0 N–H and O–H groups in total. The Kier molecular flexibility index (Phi) is 22.0.